The first-order valence-electron chi connectivity index (χ1n) is 9.92. The smallest absolute Gasteiger partial charge is 0.331 e. The average molecular weight is 424 g/mol. The summed E-state index contributed by atoms with van der Waals surface area (Å²) in [5.41, 5.74) is 0.966. The zero-order chi connectivity index (χ0) is 20.8. The molecule has 0 bridgehead atoms. The molecule has 158 valence electrons. The first kappa shape index (κ1) is 21.6. The first-order chi connectivity index (χ1) is 14.0. The molecule has 9 heteroatoms. The summed E-state index contributed by atoms with van der Waals surface area (Å²) in [5, 5.41) is 1.98. The van der Waals surface area contributed by atoms with Gasteiger partial charge in [0.25, 0.3) is 0 Å². The Labute approximate surface area is 173 Å². The molecule has 1 aromatic carbocycles. The van der Waals surface area contributed by atoms with E-state index >= 15 is 0 Å². The van der Waals surface area contributed by atoms with Gasteiger partial charge in [-0.1, -0.05) is 24.4 Å². The van der Waals surface area contributed by atoms with Gasteiger partial charge in [0, 0.05) is 18.3 Å². The zero-order valence-electron chi connectivity index (χ0n) is 16.4. The number of nitrogens with zero attached hydrogens (tertiary/aromatic N) is 1. The van der Waals surface area contributed by atoms with E-state index in [0.717, 1.165) is 41.9 Å². The summed E-state index contributed by atoms with van der Waals surface area (Å²) in [5.74, 6) is -0.226. The molecule has 1 aromatic rings. The number of unbranched alkanes of at least 4 members (excludes halogenated alkanes) is 2. The number of carbonyl (C=O) groups excluding carboxylic acids is 3. The lowest BCUT2D eigenvalue weighted by molar-refractivity contribution is -0.140. The summed E-state index contributed by atoms with van der Waals surface area (Å²) in [7, 11) is 0. The molecular formula is C20H26FN3O4S. The highest BCUT2D eigenvalue weighted by Gasteiger charge is 2.36. The molecule has 4 amide bonds. The minimum atomic E-state index is -0.856. The SMILES string of the molecule is CC(NSCCCCCN1C(=O)NC(=O)C1=O)c1ccc(F)c(OCC2CC2)c1. The van der Waals surface area contributed by atoms with Crippen LogP contribution in [-0.4, -0.2) is 41.6 Å². The van der Waals surface area contributed by atoms with Crippen LogP contribution in [0.15, 0.2) is 18.2 Å². The highest BCUT2D eigenvalue weighted by Crippen LogP contribution is 2.31. The maximum atomic E-state index is 13.9. The van der Waals surface area contributed by atoms with Crippen molar-refractivity contribution >= 4 is 29.8 Å². The highest BCUT2D eigenvalue weighted by atomic mass is 32.2. The average Bonchev–Trinajstić information content (AvgIpc) is 3.49. The highest BCUT2D eigenvalue weighted by molar-refractivity contribution is 7.97. The van der Waals surface area contributed by atoms with Crippen molar-refractivity contribution in [1.82, 2.24) is 14.9 Å². The molecule has 1 atom stereocenters. The Morgan fingerprint density at radius 3 is 2.76 bits per heavy atom. The third-order valence-electron chi connectivity index (χ3n) is 4.92. The van der Waals surface area contributed by atoms with Crippen LogP contribution in [-0.2, 0) is 9.59 Å². The summed E-state index contributed by atoms with van der Waals surface area (Å²) in [6, 6.07) is 4.37. The van der Waals surface area contributed by atoms with Crippen LogP contribution in [0, 0.1) is 11.7 Å². The molecule has 3 rings (SSSR count). The van der Waals surface area contributed by atoms with Crippen molar-refractivity contribution in [3.63, 3.8) is 0 Å². The van der Waals surface area contributed by atoms with Crippen LogP contribution >= 0.6 is 11.9 Å². The van der Waals surface area contributed by atoms with E-state index < -0.39 is 17.8 Å². The van der Waals surface area contributed by atoms with Gasteiger partial charge in [-0.3, -0.25) is 24.5 Å². The Morgan fingerprint density at radius 2 is 2.07 bits per heavy atom. The van der Waals surface area contributed by atoms with Crippen molar-refractivity contribution in [2.45, 2.75) is 45.1 Å². The lowest BCUT2D eigenvalue weighted by Crippen LogP contribution is -2.31. The Kier molecular flexibility index (Phi) is 7.49. The van der Waals surface area contributed by atoms with E-state index in [0.29, 0.717) is 24.7 Å². The molecule has 1 unspecified atom stereocenters. The molecule has 7 nitrogen and oxygen atoms in total. The Morgan fingerprint density at radius 1 is 1.28 bits per heavy atom. The van der Waals surface area contributed by atoms with E-state index in [-0.39, 0.29) is 18.4 Å². The second kappa shape index (κ2) is 10.1. The molecule has 0 aromatic heterocycles. The summed E-state index contributed by atoms with van der Waals surface area (Å²) in [6.07, 6.45) is 4.72. The van der Waals surface area contributed by atoms with E-state index in [1.807, 2.05) is 12.2 Å². The molecule has 0 spiro atoms. The Hall–Kier alpha value is -2.13. The second-order valence-electron chi connectivity index (χ2n) is 7.41. The van der Waals surface area contributed by atoms with Gasteiger partial charge >= 0.3 is 17.8 Å². The zero-order valence-corrected chi connectivity index (χ0v) is 17.2. The number of urea groups is 1. The number of halogens is 1. The predicted octanol–water partition coefficient (Wildman–Crippen LogP) is 3.16. The van der Waals surface area contributed by atoms with Gasteiger partial charge in [-0.15, -0.1) is 0 Å². The van der Waals surface area contributed by atoms with Crippen LogP contribution in [0.25, 0.3) is 0 Å². The van der Waals surface area contributed by atoms with Gasteiger partial charge in [-0.05, 0) is 56.2 Å². The molecule has 2 aliphatic rings. The molecule has 1 saturated carbocycles. The van der Waals surface area contributed by atoms with E-state index in [4.69, 9.17) is 4.74 Å². The van der Waals surface area contributed by atoms with E-state index in [9.17, 15) is 18.8 Å². The van der Waals surface area contributed by atoms with Gasteiger partial charge < -0.3 is 4.74 Å². The van der Waals surface area contributed by atoms with Gasteiger partial charge in [0.2, 0.25) is 0 Å². The molecule has 29 heavy (non-hydrogen) atoms. The van der Waals surface area contributed by atoms with Gasteiger partial charge in [-0.2, -0.15) is 0 Å². The first-order valence-corrected chi connectivity index (χ1v) is 10.9. The van der Waals surface area contributed by atoms with Gasteiger partial charge in [0.05, 0.1) is 6.61 Å². The molecule has 1 aliphatic heterocycles. The largest absolute Gasteiger partial charge is 0.490 e. The van der Waals surface area contributed by atoms with Crippen molar-refractivity contribution in [3.05, 3.63) is 29.6 Å². The molecule has 0 radical (unpaired) electrons. The normalized spacial score (nSPS) is 17.6. The number of hydrogen-bond acceptors (Lipinski definition) is 6. The quantitative estimate of drug-likeness (QED) is 0.232. The maximum absolute atomic E-state index is 13.9. The number of hydrogen-bond donors (Lipinski definition) is 2. The van der Waals surface area contributed by atoms with Crippen molar-refractivity contribution in [3.8, 4) is 5.75 Å². The van der Waals surface area contributed by atoms with Crippen LogP contribution in [0.5, 0.6) is 5.75 Å². The third-order valence-corrected chi connectivity index (χ3v) is 5.93. The van der Waals surface area contributed by atoms with Crippen LogP contribution in [0.4, 0.5) is 9.18 Å². The lowest BCUT2D eigenvalue weighted by Gasteiger charge is -2.15. The fraction of sp³-hybridized carbons (Fsp3) is 0.550. The lowest BCUT2D eigenvalue weighted by atomic mass is 10.1. The number of rotatable bonds is 12. The van der Waals surface area contributed by atoms with Gasteiger partial charge in [-0.25, -0.2) is 9.18 Å². The summed E-state index contributed by atoms with van der Waals surface area (Å²) >= 11 is 1.58. The fourth-order valence-electron chi connectivity index (χ4n) is 2.90. The van der Waals surface area contributed by atoms with Crippen LogP contribution in [0.2, 0.25) is 0 Å². The maximum Gasteiger partial charge on any atom is 0.331 e. The third kappa shape index (κ3) is 6.17. The predicted molar refractivity (Wildman–Crippen MR) is 108 cm³/mol. The molecule has 1 saturated heterocycles. The Bertz CT molecular complexity index is 772. The molecule has 2 N–H and O–H groups in total. The van der Waals surface area contributed by atoms with E-state index in [2.05, 4.69) is 4.72 Å². The molecular weight excluding hydrogens is 397 g/mol. The summed E-state index contributed by atoms with van der Waals surface area (Å²) < 4.78 is 22.8. The van der Waals surface area contributed by atoms with Crippen molar-refractivity contribution in [2.75, 3.05) is 18.9 Å². The van der Waals surface area contributed by atoms with Crippen LogP contribution < -0.4 is 14.8 Å². The standard InChI is InChI=1S/C20H26FN3O4S/c1-13(15-7-8-16(21)17(11-15)28-12-14-5-6-14)23-29-10-4-2-3-9-24-19(26)18(25)22-20(24)27/h7-8,11,13-14,23H,2-6,9-10,12H2,1H3,(H,22,25,27). The van der Waals surface area contributed by atoms with E-state index in [1.54, 1.807) is 24.1 Å². The number of amides is 4. The molecule has 2 fully saturated rings. The van der Waals surface area contributed by atoms with Crippen LogP contribution in [0.1, 0.15) is 50.6 Å². The second-order valence-corrected chi connectivity index (χ2v) is 8.34. The Balaban J connectivity index is 1.31. The van der Waals surface area contributed by atoms with Crippen LogP contribution in [0.3, 0.4) is 0 Å². The topological polar surface area (TPSA) is 87.7 Å². The minimum Gasteiger partial charge on any atom is -0.490 e. The van der Waals surface area contributed by atoms with E-state index in [1.165, 1.54) is 6.07 Å². The van der Waals surface area contributed by atoms with Gasteiger partial charge in [0.15, 0.2) is 11.6 Å². The minimum absolute atomic E-state index is 0.0424. The van der Waals surface area contributed by atoms with Crippen molar-refractivity contribution in [2.24, 2.45) is 5.92 Å². The summed E-state index contributed by atoms with van der Waals surface area (Å²) in [6.45, 7) is 2.85. The monoisotopic (exact) mass is 423 g/mol. The number of benzene rings is 1. The molecule has 1 heterocycles. The van der Waals surface area contributed by atoms with Crippen molar-refractivity contribution < 1.29 is 23.5 Å². The van der Waals surface area contributed by atoms with Gasteiger partial charge in [0.1, 0.15) is 0 Å². The number of imide groups is 2. The number of ether oxygens (including phenoxy) is 1. The number of nitrogens with one attached hydrogen (secondary N) is 2. The molecule has 1 aliphatic carbocycles. The fourth-order valence-corrected chi connectivity index (χ4v) is 3.75. The number of carbonyl (C=O) groups is 3. The van der Waals surface area contributed by atoms with Crippen molar-refractivity contribution in [1.29, 1.82) is 0 Å². The summed E-state index contributed by atoms with van der Waals surface area (Å²) in [4.78, 5) is 34.9.